The van der Waals surface area contributed by atoms with Gasteiger partial charge in [-0.1, -0.05) is 24.9 Å². The second kappa shape index (κ2) is 7.47. The summed E-state index contributed by atoms with van der Waals surface area (Å²) in [7, 11) is 0. The summed E-state index contributed by atoms with van der Waals surface area (Å²) in [4.78, 5) is 24.8. The summed E-state index contributed by atoms with van der Waals surface area (Å²) < 4.78 is 5.40. The lowest BCUT2D eigenvalue weighted by atomic mass is 10.1. The molecule has 0 spiro atoms. The number of ether oxygens (including phenoxy) is 1. The van der Waals surface area contributed by atoms with Crippen LogP contribution >= 0.6 is 11.6 Å². The number of β-amino-alcohol motifs (C(OH)–C–C–N with tert-alkyl or cyclic N) is 1. The topological polar surface area (TPSA) is 78.9 Å². The highest BCUT2D eigenvalue weighted by Gasteiger charge is 2.38. The largest absolute Gasteiger partial charge is 0.491 e. The van der Waals surface area contributed by atoms with Gasteiger partial charge in [0.25, 0.3) is 5.91 Å². The fraction of sp³-hybridized carbons (Fsp3) is 0.467. The van der Waals surface area contributed by atoms with Gasteiger partial charge in [-0.15, -0.1) is 0 Å². The van der Waals surface area contributed by atoms with Crippen molar-refractivity contribution in [2.75, 3.05) is 13.2 Å². The number of nitrogens with one attached hydrogen (secondary N) is 1. The molecule has 1 aromatic rings. The first-order chi connectivity index (χ1) is 10.5. The maximum atomic E-state index is 12.0. The molecule has 0 unspecified atom stereocenters. The van der Waals surface area contributed by atoms with Gasteiger partial charge in [0.15, 0.2) is 0 Å². The van der Waals surface area contributed by atoms with Crippen molar-refractivity contribution < 1.29 is 19.4 Å². The van der Waals surface area contributed by atoms with Crippen molar-refractivity contribution in [3.05, 3.63) is 29.3 Å². The number of nitrogens with zero attached hydrogens (tertiary/aromatic N) is 1. The molecular formula is C15H19ClN2O4. The average molecular weight is 327 g/mol. The second-order valence-corrected chi connectivity index (χ2v) is 5.59. The van der Waals surface area contributed by atoms with E-state index in [1.165, 1.54) is 0 Å². The first-order valence-corrected chi connectivity index (χ1v) is 7.57. The highest BCUT2D eigenvalue weighted by Crippen LogP contribution is 2.16. The number of halogens is 1. The van der Waals surface area contributed by atoms with Crippen LogP contribution in [0.2, 0.25) is 5.02 Å². The van der Waals surface area contributed by atoms with Crippen molar-refractivity contribution in [1.29, 1.82) is 0 Å². The molecule has 1 heterocycles. The van der Waals surface area contributed by atoms with Crippen LogP contribution in [0.4, 0.5) is 4.79 Å². The molecule has 2 atom stereocenters. The fourth-order valence-corrected chi connectivity index (χ4v) is 2.35. The van der Waals surface area contributed by atoms with Crippen LogP contribution in [0.25, 0.3) is 0 Å². The molecule has 1 aliphatic rings. The van der Waals surface area contributed by atoms with E-state index in [0.717, 1.165) is 11.3 Å². The minimum Gasteiger partial charge on any atom is -0.491 e. The molecule has 0 bridgehead atoms. The Morgan fingerprint density at radius 2 is 2.05 bits per heavy atom. The quantitative estimate of drug-likeness (QED) is 0.749. The minimum atomic E-state index is -0.953. The Kier molecular flexibility index (Phi) is 5.63. The van der Waals surface area contributed by atoms with Crippen LogP contribution in [-0.2, 0) is 4.79 Å². The summed E-state index contributed by atoms with van der Waals surface area (Å²) >= 11 is 5.77. The Morgan fingerprint density at radius 1 is 1.36 bits per heavy atom. The molecule has 120 valence electrons. The lowest BCUT2D eigenvalue weighted by Gasteiger charge is -2.18. The number of carbonyl (C=O) groups excluding carboxylic acids is 2. The molecule has 1 aromatic carbocycles. The number of amides is 3. The van der Waals surface area contributed by atoms with Gasteiger partial charge in [0.1, 0.15) is 24.5 Å². The number of hydrogen-bond donors (Lipinski definition) is 2. The molecule has 7 heteroatoms. The van der Waals surface area contributed by atoms with Gasteiger partial charge in [-0.25, -0.2) is 4.79 Å². The molecular weight excluding hydrogens is 308 g/mol. The van der Waals surface area contributed by atoms with Crippen molar-refractivity contribution in [3.8, 4) is 5.75 Å². The smallest absolute Gasteiger partial charge is 0.324 e. The third kappa shape index (κ3) is 4.11. The number of hydrogen-bond acceptors (Lipinski definition) is 4. The van der Waals surface area contributed by atoms with Crippen LogP contribution < -0.4 is 10.1 Å². The van der Waals surface area contributed by atoms with Crippen LogP contribution in [0.3, 0.4) is 0 Å². The van der Waals surface area contributed by atoms with Crippen LogP contribution in [0, 0.1) is 0 Å². The summed E-state index contributed by atoms with van der Waals surface area (Å²) in [5, 5.41) is 13.2. The van der Waals surface area contributed by atoms with E-state index < -0.39 is 18.2 Å². The molecule has 22 heavy (non-hydrogen) atoms. The predicted octanol–water partition coefficient (Wildman–Crippen LogP) is 1.80. The van der Waals surface area contributed by atoms with Crippen molar-refractivity contribution in [3.63, 3.8) is 0 Å². The standard InChI is InChI=1S/C15H19ClN2O4/c1-2-3-13-14(20)18(15(21)17-13)8-11(19)9-22-12-6-4-10(16)5-7-12/h4-7,11,13,19H,2-3,8-9H2,1H3,(H,17,21)/t11-,13-/m1/s1. The lowest BCUT2D eigenvalue weighted by molar-refractivity contribution is -0.128. The molecule has 0 saturated carbocycles. The third-order valence-corrected chi connectivity index (χ3v) is 3.59. The number of imide groups is 1. The zero-order valence-electron chi connectivity index (χ0n) is 12.3. The highest BCUT2D eigenvalue weighted by atomic mass is 35.5. The monoisotopic (exact) mass is 326 g/mol. The summed E-state index contributed by atoms with van der Waals surface area (Å²) in [5.41, 5.74) is 0. The van der Waals surface area contributed by atoms with E-state index in [9.17, 15) is 14.7 Å². The summed E-state index contributed by atoms with van der Waals surface area (Å²) in [6.45, 7) is 1.84. The Balaban J connectivity index is 1.83. The van der Waals surface area contributed by atoms with Gasteiger partial charge >= 0.3 is 6.03 Å². The number of aliphatic hydroxyl groups is 1. The lowest BCUT2D eigenvalue weighted by Crippen LogP contribution is -2.40. The first kappa shape index (κ1) is 16.6. The molecule has 3 amide bonds. The predicted molar refractivity (Wildman–Crippen MR) is 81.9 cm³/mol. The van der Waals surface area contributed by atoms with Gasteiger partial charge in [-0.2, -0.15) is 0 Å². The summed E-state index contributed by atoms with van der Waals surface area (Å²) in [5.74, 6) is 0.266. The van der Waals surface area contributed by atoms with E-state index in [1.807, 2.05) is 6.92 Å². The van der Waals surface area contributed by atoms with Crippen LogP contribution in [0.1, 0.15) is 19.8 Å². The van der Waals surface area contributed by atoms with E-state index in [1.54, 1.807) is 24.3 Å². The molecule has 2 rings (SSSR count). The minimum absolute atomic E-state index is 0.0167. The van der Waals surface area contributed by atoms with E-state index in [0.29, 0.717) is 17.2 Å². The molecule has 2 N–H and O–H groups in total. The third-order valence-electron chi connectivity index (χ3n) is 3.33. The van der Waals surface area contributed by atoms with Gasteiger partial charge in [0.2, 0.25) is 0 Å². The van der Waals surface area contributed by atoms with E-state index in [4.69, 9.17) is 16.3 Å². The average Bonchev–Trinajstić information content (AvgIpc) is 2.75. The summed E-state index contributed by atoms with van der Waals surface area (Å²) in [6.07, 6.45) is 0.441. The zero-order chi connectivity index (χ0) is 16.1. The summed E-state index contributed by atoms with van der Waals surface area (Å²) in [6, 6.07) is 5.77. The molecule has 0 aliphatic carbocycles. The van der Waals surface area contributed by atoms with Gasteiger partial charge in [-0.3, -0.25) is 9.69 Å². The Hall–Kier alpha value is -1.79. The van der Waals surface area contributed by atoms with Crippen molar-refractivity contribution in [1.82, 2.24) is 10.2 Å². The van der Waals surface area contributed by atoms with Crippen LogP contribution in [0.15, 0.2) is 24.3 Å². The maximum absolute atomic E-state index is 12.0. The van der Waals surface area contributed by atoms with E-state index >= 15 is 0 Å². The Morgan fingerprint density at radius 3 is 2.68 bits per heavy atom. The highest BCUT2D eigenvalue weighted by molar-refractivity contribution is 6.30. The molecule has 1 fully saturated rings. The fourth-order valence-electron chi connectivity index (χ4n) is 2.22. The van der Waals surface area contributed by atoms with Gasteiger partial charge in [0, 0.05) is 5.02 Å². The van der Waals surface area contributed by atoms with Gasteiger partial charge in [-0.05, 0) is 30.7 Å². The van der Waals surface area contributed by atoms with Gasteiger partial charge < -0.3 is 15.2 Å². The zero-order valence-corrected chi connectivity index (χ0v) is 13.0. The normalized spacial score (nSPS) is 19.2. The molecule has 1 saturated heterocycles. The number of carbonyl (C=O) groups is 2. The Bertz CT molecular complexity index is 535. The number of aliphatic hydroxyl groups excluding tert-OH is 1. The second-order valence-electron chi connectivity index (χ2n) is 5.16. The van der Waals surface area contributed by atoms with E-state index in [-0.39, 0.29) is 19.1 Å². The number of urea groups is 1. The number of rotatable bonds is 7. The van der Waals surface area contributed by atoms with Crippen LogP contribution in [-0.4, -0.2) is 47.2 Å². The van der Waals surface area contributed by atoms with Crippen molar-refractivity contribution in [2.45, 2.75) is 31.9 Å². The molecule has 6 nitrogen and oxygen atoms in total. The number of benzene rings is 1. The van der Waals surface area contributed by atoms with Crippen LogP contribution in [0.5, 0.6) is 5.75 Å². The van der Waals surface area contributed by atoms with Gasteiger partial charge in [0.05, 0.1) is 6.54 Å². The molecule has 1 aliphatic heterocycles. The van der Waals surface area contributed by atoms with E-state index in [2.05, 4.69) is 5.32 Å². The Labute approximate surface area is 134 Å². The SMILES string of the molecule is CCC[C@H]1NC(=O)N(C[C@@H](O)COc2ccc(Cl)cc2)C1=O. The molecule has 0 radical (unpaired) electrons. The maximum Gasteiger partial charge on any atom is 0.324 e. The van der Waals surface area contributed by atoms with Crippen molar-refractivity contribution in [2.24, 2.45) is 0 Å². The van der Waals surface area contributed by atoms with Crippen molar-refractivity contribution >= 4 is 23.5 Å². The first-order valence-electron chi connectivity index (χ1n) is 7.19. The molecule has 0 aromatic heterocycles.